The van der Waals surface area contributed by atoms with E-state index in [-0.39, 0.29) is 22.8 Å². The van der Waals surface area contributed by atoms with Gasteiger partial charge < -0.3 is 5.32 Å². The summed E-state index contributed by atoms with van der Waals surface area (Å²) < 4.78 is 26.8. The van der Waals surface area contributed by atoms with E-state index >= 15 is 0 Å². The molecule has 19 heavy (non-hydrogen) atoms. The molecular formula is C13H20N2O3S. The van der Waals surface area contributed by atoms with Gasteiger partial charge in [-0.1, -0.05) is 13.8 Å². The van der Waals surface area contributed by atoms with Gasteiger partial charge >= 0.3 is 0 Å². The van der Waals surface area contributed by atoms with Crippen molar-refractivity contribution in [2.75, 3.05) is 5.32 Å². The summed E-state index contributed by atoms with van der Waals surface area (Å²) >= 11 is 0. The summed E-state index contributed by atoms with van der Waals surface area (Å²) in [6.07, 6.45) is 0. The van der Waals surface area contributed by atoms with Crippen LogP contribution in [0.15, 0.2) is 29.2 Å². The van der Waals surface area contributed by atoms with Crippen molar-refractivity contribution in [1.82, 2.24) is 4.72 Å². The predicted octanol–water partition coefficient (Wildman–Crippen LogP) is 1.97. The minimum atomic E-state index is -3.51. The van der Waals surface area contributed by atoms with Crippen LogP contribution in [0.4, 0.5) is 5.69 Å². The highest BCUT2D eigenvalue weighted by atomic mass is 32.2. The van der Waals surface area contributed by atoms with Gasteiger partial charge in [-0.3, -0.25) is 4.79 Å². The van der Waals surface area contributed by atoms with E-state index in [2.05, 4.69) is 10.0 Å². The maximum atomic E-state index is 12.1. The number of amides is 1. The second-order valence-electron chi connectivity index (χ2n) is 4.86. The fraction of sp³-hybridized carbons (Fsp3) is 0.462. The Morgan fingerprint density at radius 1 is 1.11 bits per heavy atom. The van der Waals surface area contributed by atoms with Crippen LogP contribution >= 0.6 is 0 Å². The summed E-state index contributed by atoms with van der Waals surface area (Å²) in [5, 5.41) is 2.59. The summed E-state index contributed by atoms with van der Waals surface area (Å²) in [5.41, 5.74) is 0.573. The lowest BCUT2D eigenvalue weighted by atomic mass is 10.1. The van der Waals surface area contributed by atoms with Gasteiger partial charge in [0.15, 0.2) is 0 Å². The Bertz CT molecular complexity index is 536. The van der Waals surface area contributed by atoms with Crippen LogP contribution in [0.25, 0.3) is 0 Å². The van der Waals surface area contributed by atoms with E-state index in [1.165, 1.54) is 19.1 Å². The molecule has 2 N–H and O–H groups in total. The largest absolute Gasteiger partial charge is 0.326 e. The minimum absolute atomic E-state index is 0.139. The Kier molecular flexibility index (Phi) is 5.08. The van der Waals surface area contributed by atoms with Crippen LogP contribution in [0.3, 0.4) is 0 Å². The van der Waals surface area contributed by atoms with Crippen molar-refractivity contribution < 1.29 is 13.2 Å². The van der Waals surface area contributed by atoms with E-state index in [4.69, 9.17) is 0 Å². The third-order valence-corrected chi connectivity index (χ3v) is 4.40. The van der Waals surface area contributed by atoms with E-state index in [0.717, 1.165) is 0 Å². The molecule has 0 aromatic heterocycles. The van der Waals surface area contributed by atoms with Gasteiger partial charge in [0.05, 0.1) is 4.90 Å². The zero-order chi connectivity index (χ0) is 14.6. The Morgan fingerprint density at radius 3 is 2.05 bits per heavy atom. The topological polar surface area (TPSA) is 75.3 Å². The van der Waals surface area contributed by atoms with Crippen molar-refractivity contribution in [3.63, 3.8) is 0 Å². The molecule has 1 atom stereocenters. The summed E-state index contributed by atoms with van der Waals surface area (Å²) in [6, 6.07) is 5.94. The summed E-state index contributed by atoms with van der Waals surface area (Å²) in [7, 11) is -3.51. The van der Waals surface area contributed by atoms with Crippen LogP contribution in [0.1, 0.15) is 27.7 Å². The van der Waals surface area contributed by atoms with Gasteiger partial charge in [0.25, 0.3) is 0 Å². The number of carbonyl (C=O) groups excluding carboxylic acids is 1. The quantitative estimate of drug-likeness (QED) is 0.868. The summed E-state index contributed by atoms with van der Waals surface area (Å²) in [5.74, 6) is 0.0237. The van der Waals surface area contributed by atoms with Crippen molar-refractivity contribution in [3.8, 4) is 0 Å². The third-order valence-electron chi connectivity index (χ3n) is 2.83. The van der Waals surface area contributed by atoms with Gasteiger partial charge in [0.2, 0.25) is 15.9 Å². The third kappa shape index (κ3) is 4.65. The van der Waals surface area contributed by atoms with Crippen LogP contribution in [-0.4, -0.2) is 20.4 Å². The number of nitrogens with one attached hydrogen (secondary N) is 2. The highest BCUT2D eigenvalue weighted by molar-refractivity contribution is 7.89. The molecule has 106 valence electrons. The summed E-state index contributed by atoms with van der Waals surface area (Å²) in [4.78, 5) is 11.1. The van der Waals surface area contributed by atoms with Gasteiger partial charge in [0, 0.05) is 18.7 Å². The molecule has 0 aliphatic carbocycles. The summed E-state index contributed by atoms with van der Waals surface area (Å²) in [6.45, 7) is 7.13. The van der Waals surface area contributed by atoms with E-state index in [1.807, 2.05) is 20.8 Å². The average Bonchev–Trinajstić information content (AvgIpc) is 2.28. The molecule has 1 amide bonds. The number of hydrogen-bond acceptors (Lipinski definition) is 3. The molecule has 1 rings (SSSR count). The van der Waals surface area contributed by atoms with Crippen LogP contribution in [0.5, 0.6) is 0 Å². The molecule has 0 bridgehead atoms. The van der Waals surface area contributed by atoms with E-state index in [9.17, 15) is 13.2 Å². The Labute approximate surface area is 114 Å². The first-order chi connectivity index (χ1) is 8.72. The average molecular weight is 284 g/mol. The number of hydrogen-bond donors (Lipinski definition) is 2. The molecule has 5 nitrogen and oxygen atoms in total. The zero-order valence-corrected chi connectivity index (χ0v) is 12.4. The first-order valence-corrected chi connectivity index (χ1v) is 7.60. The van der Waals surface area contributed by atoms with Gasteiger partial charge in [-0.15, -0.1) is 0 Å². The second kappa shape index (κ2) is 6.16. The Morgan fingerprint density at radius 2 is 1.63 bits per heavy atom. The molecule has 0 saturated heterocycles. The normalized spacial score (nSPS) is 13.3. The zero-order valence-electron chi connectivity index (χ0n) is 11.6. The maximum Gasteiger partial charge on any atom is 0.240 e. The van der Waals surface area contributed by atoms with Gasteiger partial charge in [-0.2, -0.15) is 0 Å². The molecule has 0 heterocycles. The van der Waals surface area contributed by atoms with Gasteiger partial charge in [-0.05, 0) is 37.1 Å². The maximum absolute atomic E-state index is 12.1. The fourth-order valence-corrected chi connectivity index (χ4v) is 2.76. The van der Waals surface area contributed by atoms with E-state index in [0.29, 0.717) is 5.69 Å². The molecule has 0 fully saturated rings. The molecule has 1 aromatic rings. The van der Waals surface area contributed by atoms with E-state index < -0.39 is 10.0 Å². The molecule has 0 radical (unpaired) electrons. The number of benzene rings is 1. The predicted molar refractivity (Wildman–Crippen MR) is 75.4 cm³/mol. The number of carbonyl (C=O) groups is 1. The van der Waals surface area contributed by atoms with Crippen molar-refractivity contribution in [2.24, 2.45) is 5.92 Å². The Balaban J connectivity index is 2.87. The lowest BCUT2D eigenvalue weighted by molar-refractivity contribution is -0.114. The number of rotatable bonds is 5. The molecule has 0 saturated carbocycles. The standard InChI is InChI=1S/C13H20N2O3S/c1-9(2)10(3)15-19(17,18)13-7-5-12(6-8-13)14-11(4)16/h5-10,15H,1-4H3,(H,14,16). The lowest BCUT2D eigenvalue weighted by Gasteiger charge is -2.17. The fourth-order valence-electron chi connectivity index (χ4n) is 1.37. The highest BCUT2D eigenvalue weighted by Crippen LogP contribution is 2.15. The molecule has 1 unspecified atom stereocenters. The van der Waals surface area contributed by atoms with Crippen LogP contribution in [0, 0.1) is 5.92 Å². The van der Waals surface area contributed by atoms with Crippen molar-refractivity contribution in [3.05, 3.63) is 24.3 Å². The van der Waals surface area contributed by atoms with Crippen LogP contribution < -0.4 is 10.0 Å². The SMILES string of the molecule is CC(=O)Nc1ccc(S(=O)(=O)NC(C)C(C)C)cc1. The molecule has 0 aliphatic rings. The number of sulfonamides is 1. The monoisotopic (exact) mass is 284 g/mol. The molecule has 6 heteroatoms. The molecule has 0 aliphatic heterocycles. The Hall–Kier alpha value is -1.40. The van der Waals surface area contributed by atoms with Crippen LogP contribution in [-0.2, 0) is 14.8 Å². The van der Waals surface area contributed by atoms with Crippen molar-refractivity contribution >= 4 is 21.6 Å². The lowest BCUT2D eigenvalue weighted by Crippen LogP contribution is -2.36. The van der Waals surface area contributed by atoms with E-state index in [1.54, 1.807) is 12.1 Å². The molecule has 1 aromatic carbocycles. The first-order valence-electron chi connectivity index (χ1n) is 6.12. The molecular weight excluding hydrogens is 264 g/mol. The van der Waals surface area contributed by atoms with Crippen molar-refractivity contribution in [2.45, 2.75) is 38.6 Å². The molecule has 0 spiro atoms. The second-order valence-corrected chi connectivity index (χ2v) is 6.57. The van der Waals surface area contributed by atoms with Crippen LogP contribution in [0.2, 0.25) is 0 Å². The highest BCUT2D eigenvalue weighted by Gasteiger charge is 2.18. The number of anilines is 1. The van der Waals surface area contributed by atoms with Gasteiger partial charge in [-0.25, -0.2) is 13.1 Å². The first kappa shape index (κ1) is 15.7. The minimum Gasteiger partial charge on any atom is -0.326 e. The smallest absolute Gasteiger partial charge is 0.240 e. The van der Waals surface area contributed by atoms with Gasteiger partial charge in [0.1, 0.15) is 0 Å². The van der Waals surface area contributed by atoms with Crippen molar-refractivity contribution in [1.29, 1.82) is 0 Å².